The van der Waals surface area contributed by atoms with E-state index in [0.29, 0.717) is 18.3 Å². The van der Waals surface area contributed by atoms with Crippen molar-refractivity contribution in [3.05, 3.63) is 0 Å². The van der Waals surface area contributed by atoms with E-state index in [-0.39, 0.29) is 5.92 Å². The van der Waals surface area contributed by atoms with Gasteiger partial charge in [-0.25, -0.2) is 0 Å². The highest BCUT2D eigenvalue weighted by atomic mass is 16.4. The molecule has 4 atom stereocenters. The molecule has 0 aliphatic rings. The third-order valence-corrected chi connectivity index (χ3v) is 8.89. The Morgan fingerprint density at radius 2 is 1.14 bits per heavy atom. The van der Waals surface area contributed by atoms with Gasteiger partial charge in [0, 0.05) is 6.42 Å². The van der Waals surface area contributed by atoms with Crippen LogP contribution in [-0.4, -0.2) is 22.2 Å². The minimum absolute atomic E-state index is 0.272. The van der Waals surface area contributed by atoms with E-state index in [1.54, 1.807) is 0 Å². The molecule has 0 heterocycles. The number of carboxylic acid groups (broad SMARTS) is 2. The Bertz CT molecular complexity index is 546. The van der Waals surface area contributed by atoms with Gasteiger partial charge in [0.05, 0.1) is 5.41 Å². The molecule has 0 bridgehead atoms. The minimum Gasteiger partial charge on any atom is -0.481 e. The fraction of sp³-hybridized carbons (Fsp3) is 0.938. The average molecular weight is 511 g/mol. The van der Waals surface area contributed by atoms with Gasteiger partial charge in [0.25, 0.3) is 0 Å². The summed E-state index contributed by atoms with van der Waals surface area (Å²) in [7, 11) is 0. The van der Waals surface area contributed by atoms with Gasteiger partial charge in [-0.2, -0.15) is 0 Å². The summed E-state index contributed by atoms with van der Waals surface area (Å²) in [4.78, 5) is 23.6. The molecular weight excluding hydrogens is 448 g/mol. The zero-order valence-electron chi connectivity index (χ0n) is 24.8. The van der Waals surface area contributed by atoms with E-state index in [9.17, 15) is 14.7 Å². The molecule has 0 fully saturated rings. The number of carboxylic acids is 2. The van der Waals surface area contributed by atoms with Gasteiger partial charge in [0.15, 0.2) is 0 Å². The van der Waals surface area contributed by atoms with E-state index in [0.717, 1.165) is 70.6 Å². The highest BCUT2D eigenvalue weighted by molar-refractivity contribution is 5.75. The van der Waals surface area contributed by atoms with Gasteiger partial charge in [-0.3, -0.25) is 9.59 Å². The highest BCUT2D eigenvalue weighted by Crippen LogP contribution is 2.46. The Morgan fingerprint density at radius 1 is 0.639 bits per heavy atom. The van der Waals surface area contributed by atoms with Crippen LogP contribution in [0.4, 0.5) is 0 Å². The fourth-order valence-corrected chi connectivity index (χ4v) is 6.20. The third kappa shape index (κ3) is 14.6. The van der Waals surface area contributed by atoms with Gasteiger partial charge in [-0.05, 0) is 49.9 Å². The maximum absolute atomic E-state index is 13.0. The Labute approximate surface area is 224 Å². The third-order valence-electron chi connectivity index (χ3n) is 8.89. The first-order valence-electron chi connectivity index (χ1n) is 15.8. The molecule has 0 rings (SSSR count). The lowest BCUT2D eigenvalue weighted by Gasteiger charge is -2.41. The lowest BCUT2D eigenvalue weighted by molar-refractivity contribution is -0.156. The van der Waals surface area contributed by atoms with Crippen molar-refractivity contribution >= 4 is 11.9 Å². The summed E-state index contributed by atoms with van der Waals surface area (Å²) >= 11 is 0. The largest absolute Gasteiger partial charge is 0.481 e. The van der Waals surface area contributed by atoms with Crippen LogP contribution in [-0.2, 0) is 9.59 Å². The first kappa shape index (κ1) is 34.9. The second-order valence-corrected chi connectivity index (χ2v) is 11.5. The Kier molecular flexibility index (Phi) is 21.3. The van der Waals surface area contributed by atoms with Crippen LogP contribution >= 0.6 is 0 Å². The molecule has 0 saturated heterocycles. The van der Waals surface area contributed by atoms with Crippen LogP contribution in [0.5, 0.6) is 0 Å². The molecule has 0 saturated carbocycles. The van der Waals surface area contributed by atoms with Crippen LogP contribution in [0, 0.1) is 23.2 Å². The summed E-state index contributed by atoms with van der Waals surface area (Å²) in [6, 6.07) is 0. The van der Waals surface area contributed by atoms with Crippen LogP contribution in [0.15, 0.2) is 0 Å². The number of hydrogen-bond acceptors (Lipinski definition) is 2. The molecule has 0 radical (unpaired) electrons. The quantitative estimate of drug-likeness (QED) is 0.113. The van der Waals surface area contributed by atoms with Crippen molar-refractivity contribution < 1.29 is 19.8 Å². The molecule has 4 unspecified atom stereocenters. The van der Waals surface area contributed by atoms with Crippen LogP contribution in [0.3, 0.4) is 0 Å². The second-order valence-electron chi connectivity index (χ2n) is 11.5. The van der Waals surface area contributed by atoms with E-state index >= 15 is 0 Å². The molecule has 0 aromatic carbocycles. The zero-order chi connectivity index (χ0) is 27.2. The normalized spacial score (nSPS) is 15.8. The van der Waals surface area contributed by atoms with E-state index in [1.807, 2.05) is 0 Å². The summed E-state index contributed by atoms with van der Waals surface area (Å²) in [5.74, 6) is 0.192. The molecule has 0 aromatic heterocycles. The Balaban J connectivity index is 5.18. The average Bonchev–Trinajstić information content (AvgIpc) is 2.86. The van der Waals surface area contributed by atoms with E-state index in [1.165, 1.54) is 57.8 Å². The van der Waals surface area contributed by atoms with Crippen molar-refractivity contribution in [2.45, 2.75) is 169 Å². The maximum atomic E-state index is 13.0. The first-order valence-corrected chi connectivity index (χ1v) is 15.8. The summed E-state index contributed by atoms with van der Waals surface area (Å²) < 4.78 is 0. The monoisotopic (exact) mass is 510 g/mol. The maximum Gasteiger partial charge on any atom is 0.309 e. The van der Waals surface area contributed by atoms with Gasteiger partial charge in [-0.1, -0.05) is 131 Å². The topological polar surface area (TPSA) is 74.6 Å². The smallest absolute Gasteiger partial charge is 0.309 e. The molecule has 0 aromatic rings. The molecule has 214 valence electrons. The SMILES string of the molecule is CCCCC(CC)CC(CCCCCCCCCCC(=O)O)C(CC)(CC(CC)CCCC)C(=O)O. The number of hydrogen-bond donors (Lipinski definition) is 2. The van der Waals surface area contributed by atoms with Crippen molar-refractivity contribution in [3.8, 4) is 0 Å². The van der Waals surface area contributed by atoms with Gasteiger partial charge >= 0.3 is 11.9 Å². The molecular formula is C32H62O4. The van der Waals surface area contributed by atoms with Crippen molar-refractivity contribution in [3.63, 3.8) is 0 Å². The van der Waals surface area contributed by atoms with Crippen molar-refractivity contribution in [1.29, 1.82) is 0 Å². The van der Waals surface area contributed by atoms with Crippen molar-refractivity contribution in [2.24, 2.45) is 23.2 Å². The van der Waals surface area contributed by atoms with Crippen LogP contribution in [0.2, 0.25) is 0 Å². The second kappa shape index (κ2) is 22.0. The predicted molar refractivity (Wildman–Crippen MR) is 154 cm³/mol. The van der Waals surface area contributed by atoms with Crippen LogP contribution in [0.25, 0.3) is 0 Å². The first-order chi connectivity index (χ1) is 17.3. The van der Waals surface area contributed by atoms with Crippen LogP contribution in [0.1, 0.15) is 169 Å². The Hall–Kier alpha value is -1.06. The van der Waals surface area contributed by atoms with Crippen molar-refractivity contribution in [1.82, 2.24) is 0 Å². The lowest BCUT2D eigenvalue weighted by Crippen LogP contribution is -2.41. The molecule has 0 spiro atoms. The zero-order valence-corrected chi connectivity index (χ0v) is 24.8. The summed E-state index contributed by atoms with van der Waals surface area (Å²) in [6.07, 6.45) is 22.3. The van der Waals surface area contributed by atoms with Gasteiger partial charge < -0.3 is 10.2 Å². The molecule has 4 heteroatoms. The minimum atomic E-state index is -0.690. The molecule has 0 aliphatic carbocycles. The van der Waals surface area contributed by atoms with E-state index in [4.69, 9.17) is 5.11 Å². The molecule has 36 heavy (non-hydrogen) atoms. The summed E-state index contributed by atoms with van der Waals surface area (Å²) in [6.45, 7) is 11.2. The number of aliphatic carboxylic acids is 2. The van der Waals surface area contributed by atoms with E-state index < -0.39 is 17.4 Å². The molecule has 0 amide bonds. The number of rotatable bonds is 26. The fourth-order valence-electron chi connectivity index (χ4n) is 6.20. The van der Waals surface area contributed by atoms with Crippen molar-refractivity contribution in [2.75, 3.05) is 0 Å². The summed E-state index contributed by atoms with van der Waals surface area (Å²) in [5.41, 5.74) is -0.585. The van der Waals surface area contributed by atoms with Gasteiger partial charge in [0.1, 0.15) is 0 Å². The number of unbranched alkanes of at least 4 members (excludes halogenated alkanes) is 9. The summed E-state index contributed by atoms with van der Waals surface area (Å²) in [5, 5.41) is 19.4. The molecule has 2 N–H and O–H groups in total. The number of carbonyl (C=O) groups is 2. The highest BCUT2D eigenvalue weighted by Gasteiger charge is 2.45. The molecule has 0 aliphatic heterocycles. The lowest BCUT2D eigenvalue weighted by atomic mass is 9.62. The van der Waals surface area contributed by atoms with Gasteiger partial charge in [-0.15, -0.1) is 0 Å². The van der Waals surface area contributed by atoms with Gasteiger partial charge in [0.2, 0.25) is 0 Å². The van der Waals surface area contributed by atoms with E-state index in [2.05, 4.69) is 34.6 Å². The molecule has 4 nitrogen and oxygen atoms in total. The predicted octanol–water partition coefficient (Wildman–Crippen LogP) is 10.3. The standard InChI is InChI=1S/C32H62O4/c1-6-11-21-27(8-3)25-29(23-19-17-15-13-14-16-18-20-24-30(33)34)32(10-5,31(35)36)26-28(9-4)22-12-7-2/h27-29H,6-26H2,1-5H3,(H,33,34)(H,35,36). The Morgan fingerprint density at radius 3 is 1.58 bits per heavy atom. The van der Waals surface area contributed by atoms with Crippen LogP contribution < -0.4 is 0 Å².